The number of rotatable bonds is 7. The van der Waals surface area contributed by atoms with E-state index < -0.39 is 0 Å². The quantitative estimate of drug-likeness (QED) is 0.827. The first-order valence-electron chi connectivity index (χ1n) is 8.47. The number of hydrogen-bond acceptors (Lipinski definition) is 5. The Labute approximate surface area is 138 Å². The van der Waals surface area contributed by atoms with Crippen LogP contribution in [0.3, 0.4) is 0 Å². The molecule has 23 heavy (non-hydrogen) atoms. The van der Waals surface area contributed by atoms with Gasteiger partial charge in [0.05, 0.1) is 25.3 Å². The van der Waals surface area contributed by atoms with E-state index in [1.165, 1.54) is 0 Å². The molecule has 6 heteroatoms. The van der Waals surface area contributed by atoms with E-state index in [0.717, 1.165) is 49.7 Å². The van der Waals surface area contributed by atoms with E-state index in [2.05, 4.69) is 29.2 Å². The van der Waals surface area contributed by atoms with Crippen molar-refractivity contribution in [2.24, 2.45) is 5.92 Å². The zero-order valence-electron chi connectivity index (χ0n) is 14.7. The summed E-state index contributed by atoms with van der Waals surface area (Å²) in [5.74, 6) is 1.35. The highest BCUT2D eigenvalue weighted by molar-refractivity contribution is 5.79. The summed E-state index contributed by atoms with van der Waals surface area (Å²) in [7, 11) is 0. The van der Waals surface area contributed by atoms with Crippen LogP contribution in [0.1, 0.15) is 37.3 Å². The molecule has 0 saturated carbocycles. The number of aromatic nitrogens is 1. The molecular weight excluding hydrogens is 294 g/mol. The zero-order chi connectivity index (χ0) is 16.8. The minimum Gasteiger partial charge on any atom is -0.379 e. The minimum absolute atomic E-state index is 0.0291. The molecule has 0 aromatic carbocycles. The first-order valence-corrected chi connectivity index (χ1v) is 8.47. The van der Waals surface area contributed by atoms with Gasteiger partial charge in [-0.3, -0.25) is 9.69 Å². The molecule has 1 amide bonds. The fraction of sp³-hybridized carbons (Fsp3) is 0.765. The molecule has 1 atom stereocenters. The smallest absolute Gasteiger partial charge is 0.224 e. The second kappa shape index (κ2) is 8.45. The molecule has 1 aliphatic rings. The standard InChI is InChI=1S/C17H29N3O3/c1-12(2)9-15(20-5-7-22-8-6-20)11-18-17(21)10-16-13(3)19-23-14(16)4/h12,15H,5-11H2,1-4H3,(H,18,21)/t15-/m1/s1. The van der Waals surface area contributed by atoms with Gasteiger partial charge in [0.25, 0.3) is 0 Å². The van der Waals surface area contributed by atoms with E-state index in [-0.39, 0.29) is 5.91 Å². The Hall–Kier alpha value is -1.40. The fourth-order valence-corrected chi connectivity index (χ4v) is 3.06. The van der Waals surface area contributed by atoms with E-state index in [4.69, 9.17) is 9.26 Å². The van der Waals surface area contributed by atoms with E-state index >= 15 is 0 Å². The summed E-state index contributed by atoms with van der Waals surface area (Å²) in [5, 5.41) is 6.99. The molecule has 0 aliphatic carbocycles. The molecule has 1 aromatic heterocycles. The lowest BCUT2D eigenvalue weighted by Crippen LogP contribution is -2.49. The normalized spacial score (nSPS) is 17.4. The lowest BCUT2D eigenvalue weighted by Gasteiger charge is -2.35. The summed E-state index contributed by atoms with van der Waals surface area (Å²) in [6, 6.07) is 0.368. The lowest BCUT2D eigenvalue weighted by atomic mass is 10.0. The van der Waals surface area contributed by atoms with E-state index in [9.17, 15) is 4.79 Å². The highest BCUT2D eigenvalue weighted by atomic mass is 16.5. The summed E-state index contributed by atoms with van der Waals surface area (Å²) >= 11 is 0. The van der Waals surface area contributed by atoms with Crippen molar-refractivity contribution in [3.63, 3.8) is 0 Å². The molecule has 6 nitrogen and oxygen atoms in total. The topological polar surface area (TPSA) is 67.6 Å². The van der Waals surface area contributed by atoms with Crippen molar-refractivity contribution in [3.8, 4) is 0 Å². The molecule has 0 unspecified atom stereocenters. The Morgan fingerprint density at radius 2 is 2.00 bits per heavy atom. The molecule has 130 valence electrons. The molecule has 1 N–H and O–H groups in total. The van der Waals surface area contributed by atoms with Crippen molar-refractivity contribution in [1.82, 2.24) is 15.4 Å². The van der Waals surface area contributed by atoms with Crippen molar-refractivity contribution < 1.29 is 14.1 Å². The van der Waals surface area contributed by atoms with Crippen molar-refractivity contribution in [2.75, 3.05) is 32.8 Å². The third-order valence-electron chi connectivity index (χ3n) is 4.36. The van der Waals surface area contributed by atoms with Gasteiger partial charge in [-0.25, -0.2) is 0 Å². The maximum absolute atomic E-state index is 12.3. The number of nitrogens with one attached hydrogen (secondary N) is 1. The predicted molar refractivity (Wildman–Crippen MR) is 88.3 cm³/mol. The van der Waals surface area contributed by atoms with Gasteiger partial charge in [-0.1, -0.05) is 19.0 Å². The summed E-state index contributed by atoms with van der Waals surface area (Å²) < 4.78 is 10.5. The average molecular weight is 323 g/mol. The molecule has 0 radical (unpaired) electrons. The van der Waals surface area contributed by atoms with Crippen LogP contribution in [0.5, 0.6) is 0 Å². The number of nitrogens with zero attached hydrogens (tertiary/aromatic N) is 2. The van der Waals surface area contributed by atoms with Gasteiger partial charge in [0, 0.05) is 31.2 Å². The van der Waals surface area contributed by atoms with E-state index in [1.807, 2.05) is 13.8 Å². The third kappa shape index (κ3) is 5.32. The molecule has 1 aromatic rings. The largest absolute Gasteiger partial charge is 0.379 e. The van der Waals surface area contributed by atoms with Gasteiger partial charge in [-0.05, 0) is 26.2 Å². The molecule has 1 saturated heterocycles. The minimum atomic E-state index is 0.0291. The fourth-order valence-electron chi connectivity index (χ4n) is 3.06. The number of aryl methyl sites for hydroxylation is 2. The molecule has 1 aliphatic heterocycles. The van der Waals surface area contributed by atoms with Gasteiger partial charge < -0.3 is 14.6 Å². The Morgan fingerprint density at radius 3 is 2.57 bits per heavy atom. The summed E-state index contributed by atoms with van der Waals surface area (Å²) in [6.07, 6.45) is 1.41. The van der Waals surface area contributed by atoms with Gasteiger partial charge >= 0.3 is 0 Å². The number of morpholine rings is 1. The van der Waals surface area contributed by atoms with Gasteiger partial charge in [0.1, 0.15) is 5.76 Å². The van der Waals surface area contributed by atoms with E-state index in [0.29, 0.717) is 24.9 Å². The molecule has 1 fully saturated rings. The van der Waals surface area contributed by atoms with Crippen LogP contribution in [0.2, 0.25) is 0 Å². The van der Waals surface area contributed by atoms with Crippen molar-refractivity contribution in [3.05, 3.63) is 17.0 Å². The predicted octanol–water partition coefficient (Wildman–Crippen LogP) is 1.70. The van der Waals surface area contributed by atoms with Crippen LogP contribution in [0.25, 0.3) is 0 Å². The van der Waals surface area contributed by atoms with Gasteiger partial charge in [-0.2, -0.15) is 0 Å². The van der Waals surface area contributed by atoms with Crippen LogP contribution >= 0.6 is 0 Å². The SMILES string of the molecule is Cc1noc(C)c1CC(=O)NC[C@@H](CC(C)C)N1CCOCC1. The molecule has 2 heterocycles. The molecule has 0 spiro atoms. The second-order valence-corrected chi connectivity index (χ2v) is 6.72. The van der Waals surface area contributed by atoms with Crippen LogP contribution in [0.4, 0.5) is 0 Å². The summed E-state index contributed by atoms with van der Waals surface area (Å²) in [4.78, 5) is 14.7. The van der Waals surface area contributed by atoms with Crippen LogP contribution in [0, 0.1) is 19.8 Å². The van der Waals surface area contributed by atoms with Gasteiger partial charge in [0.15, 0.2) is 0 Å². The Morgan fingerprint density at radius 1 is 1.30 bits per heavy atom. The number of amides is 1. The Bertz CT molecular complexity index is 488. The van der Waals surface area contributed by atoms with E-state index in [1.54, 1.807) is 0 Å². The van der Waals surface area contributed by atoms with Gasteiger partial charge in [0.2, 0.25) is 5.91 Å². The molecular formula is C17H29N3O3. The van der Waals surface area contributed by atoms with Crippen molar-refractivity contribution in [2.45, 2.75) is 46.6 Å². The highest BCUT2D eigenvalue weighted by Gasteiger charge is 2.23. The van der Waals surface area contributed by atoms with Crippen molar-refractivity contribution >= 4 is 5.91 Å². The Balaban J connectivity index is 1.88. The average Bonchev–Trinajstić information content (AvgIpc) is 2.84. The first-order chi connectivity index (χ1) is 11.0. The van der Waals surface area contributed by atoms with Crippen LogP contribution in [-0.4, -0.2) is 54.9 Å². The maximum Gasteiger partial charge on any atom is 0.224 e. The van der Waals surface area contributed by atoms with Crippen LogP contribution in [-0.2, 0) is 16.0 Å². The summed E-state index contributed by atoms with van der Waals surface area (Å²) in [6.45, 7) is 12.3. The second-order valence-electron chi connectivity index (χ2n) is 6.72. The van der Waals surface area contributed by atoms with Crippen LogP contribution in [0.15, 0.2) is 4.52 Å². The third-order valence-corrected chi connectivity index (χ3v) is 4.36. The lowest BCUT2D eigenvalue weighted by molar-refractivity contribution is -0.120. The number of hydrogen-bond donors (Lipinski definition) is 1. The van der Waals surface area contributed by atoms with Gasteiger partial charge in [-0.15, -0.1) is 0 Å². The molecule has 2 rings (SSSR count). The zero-order valence-corrected chi connectivity index (χ0v) is 14.7. The Kier molecular flexibility index (Phi) is 6.59. The monoisotopic (exact) mass is 323 g/mol. The van der Waals surface area contributed by atoms with Crippen LogP contribution < -0.4 is 5.32 Å². The maximum atomic E-state index is 12.3. The number of carbonyl (C=O) groups is 1. The first kappa shape index (κ1) is 17.9. The highest BCUT2D eigenvalue weighted by Crippen LogP contribution is 2.14. The number of ether oxygens (including phenoxy) is 1. The summed E-state index contributed by atoms with van der Waals surface area (Å²) in [5.41, 5.74) is 1.69. The molecule has 0 bridgehead atoms. The number of carbonyl (C=O) groups excluding carboxylic acids is 1. The van der Waals surface area contributed by atoms with Crippen molar-refractivity contribution in [1.29, 1.82) is 0 Å².